The number of ketones is 1. The zero-order chi connectivity index (χ0) is 22.3. The Morgan fingerprint density at radius 2 is 2.06 bits per heavy atom. The minimum atomic E-state index is -4.12. The highest BCUT2D eigenvalue weighted by atomic mass is 32.2. The van der Waals surface area contributed by atoms with Crippen molar-refractivity contribution in [1.82, 2.24) is 19.7 Å². The molecule has 0 atom stereocenters. The van der Waals surface area contributed by atoms with Crippen LogP contribution in [0, 0.1) is 24.1 Å². The van der Waals surface area contributed by atoms with Gasteiger partial charge in [-0.25, -0.2) is 17.8 Å². The quantitative estimate of drug-likeness (QED) is 0.460. The van der Waals surface area contributed by atoms with Gasteiger partial charge in [0.2, 0.25) is 0 Å². The van der Waals surface area contributed by atoms with E-state index in [9.17, 15) is 13.2 Å². The summed E-state index contributed by atoms with van der Waals surface area (Å²) < 4.78 is 44.1. The summed E-state index contributed by atoms with van der Waals surface area (Å²) in [6, 6.07) is 7.26. The maximum atomic E-state index is 15.2. The van der Waals surface area contributed by atoms with Gasteiger partial charge in [0, 0.05) is 30.4 Å². The Morgan fingerprint density at radius 1 is 1.29 bits per heavy atom. The lowest BCUT2D eigenvalue weighted by Gasteiger charge is -2.11. The molecule has 0 aliphatic rings. The highest BCUT2D eigenvalue weighted by Gasteiger charge is 2.25. The molecule has 9 nitrogen and oxygen atoms in total. The number of benzene rings is 1. The molecule has 0 spiro atoms. The lowest BCUT2D eigenvalue weighted by Crippen LogP contribution is -2.16. The largest absolute Gasteiger partial charge is 0.345 e. The maximum absolute atomic E-state index is 15.2. The fourth-order valence-corrected chi connectivity index (χ4v) is 4.39. The van der Waals surface area contributed by atoms with Gasteiger partial charge in [-0.15, -0.1) is 0 Å². The third kappa shape index (κ3) is 3.43. The molecule has 1 aromatic carbocycles. The highest BCUT2D eigenvalue weighted by Crippen LogP contribution is 2.27. The maximum Gasteiger partial charge on any atom is 0.265 e. The molecule has 0 saturated carbocycles. The van der Waals surface area contributed by atoms with Crippen molar-refractivity contribution < 1.29 is 17.6 Å². The van der Waals surface area contributed by atoms with E-state index in [0.717, 1.165) is 6.20 Å². The van der Waals surface area contributed by atoms with Gasteiger partial charge in [0.1, 0.15) is 16.6 Å². The van der Waals surface area contributed by atoms with Crippen molar-refractivity contribution in [2.24, 2.45) is 7.05 Å². The molecule has 4 rings (SSSR count). The van der Waals surface area contributed by atoms with Crippen LogP contribution < -0.4 is 4.72 Å². The topological polar surface area (TPSA) is 134 Å². The van der Waals surface area contributed by atoms with E-state index in [-0.39, 0.29) is 27.3 Å². The van der Waals surface area contributed by atoms with Crippen LogP contribution in [0.3, 0.4) is 0 Å². The number of aryl methyl sites for hydroxylation is 1. The van der Waals surface area contributed by atoms with E-state index in [1.54, 1.807) is 14.0 Å². The highest BCUT2D eigenvalue weighted by molar-refractivity contribution is 7.92. The number of nitrogens with one attached hydrogen (secondary N) is 2. The first kappa shape index (κ1) is 20.2. The van der Waals surface area contributed by atoms with Crippen LogP contribution >= 0.6 is 0 Å². The molecule has 3 heterocycles. The molecule has 0 saturated heterocycles. The van der Waals surface area contributed by atoms with Gasteiger partial charge in [0.25, 0.3) is 10.0 Å². The number of carbonyl (C=O) groups is 1. The Labute approximate surface area is 176 Å². The van der Waals surface area contributed by atoms with Gasteiger partial charge in [-0.2, -0.15) is 10.4 Å². The Kier molecular flexibility index (Phi) is 4.79. The molecule has 0 fully saturated rings. The average Bonchev–Trinajstić information content (AvgIpc) is 3.32. The molecule has 0 unspecified atom stereocenters. The summed E-state index contributed by atoms with van der Waals surface area (Å²) in [6.45, 7) is 1.57. The normalized spacial score (nSPS) is 11.4. The number of H-pyrrole nitrogens is 1. The number of halogens is 1. The molecule has 156 valence electrons. The van der Waals surface area contributed by atoms with Gasteiger partial charge in [0.05, 0.1) is 28.7 Å². The van der Waals surface area contributed by atoms with E-state index in [2.05, 4.69) is 19.8 Å². The second-order valence-corrected chi connectivity index (χ2v) is 8.40. The zero-order valence-corrected chi connectivity index (χ0v) is 17.2. The number of carbonyl (C=O) groups excluding carboxylic acids is 1. The van der Waals surface area contributed by atoms with Gasteiger partial charge < -0.3 is 4.98 Å². The van der Waals surface area contributed by atoms with Gasteiger partial charge in [-0.3, -0.25) is 14.2 Å². The van der Waals surface area contributed by atoms with Crippen molar-refractivity contribution in [3.63, 3.8) is 0 Å². The predicted octanol–water partition coefficient (Wildman–Crippen LogP) is 2.65. The molecule has 0 aliphatic carbocycles. The van der Waals surface area contributed by atoms with Crippen molar-refractivity contribution in [1.29, 1.82) is 5.26 Å². The van der Waals surface area contributed by atoms with Gasteiger partial charge in [0.15, 0.2) is 11.6 Å². The molecule has 0 aliphatic heterocycles. The molecule has 2 N–H and O–H groups in total. The Morgan fingerprint density at radius 3 is 2.74 bits per heavy atom. The van der Waals surface area contributed by atoms with Crippen LogP contribution in [0.25, 0.3) is 11.0 Å². The van der Waals surface area contributed by atoms with Crippen molar-refractivity contribution in [2.75, 3.05) is 4.72 Å². The van der Waals surface area contributed by atoms with Crippen LogP contribution in [0.4, 0.5) is 10.1 Å². The van der Waals surface area contributed by atoms with Crippen LogP contribution in [-0.4, -0.2) is 33.9 Å². The molecule has 3 aromatic heterocycles. The van der Waals surface area contributed by atoms with Crippen molar-refractivity contribution in [2.45, 2.75) is 11.8 Å². The number of aromatic nitrogens is 4. The van der Waals surface area contributed by atoms with Crippen molar-refractivity contribution >= 4 is 32.5 Å². The van der Waals surface area contributed by atoms with E-state index in [1.165, 1.54) is 41.3 Å². The number of pyridine rings is 1. The van der Waals surface area contributed by atoms with Crippen LogP contribution in [0.15, 0.2) is 47.8 Å². The number of rotatable bonds is 5. The van der Waals surface area contributed by atoms with Crippen molar-refractivity contribution in [3.05, 3.63) is 71.1 Å². The SMILES string of the molecule is Cc1c(S(=O)(=O)Nc2cccc(C(=O)c3c[nH]c4ncc(C#N)cc34)c2F)cnn1C. The summed E-state index contributed by atoms with van der Waals surface area (Å²) in [7, 11) is -2.54. The third-order valence-electron chi connectivity index (χ3n) is 4.87. The van der Waals surface area contributed by atoms with Gasteiger partial charge >= 0.3 is 0 Å². The minimum absolute atomic E-state index is 0.0992. The standard InChI is InChI=1S/C20H15FN6O3S/c1-11-17(10-25-27(11)2)31(29,30)26-16-5-3-4-13(18(16)21)19(28)15-9-24-20-14(15)6-12(7-22)8-23-20/h3-6,8-10,26H,1-2H3,(H,23,24). The second-order valence-electron chi connectivity index (χ2n) is 6.75. The lowest BCUT2D eigenvalue weighted by atomic mass is 10.0. The van der Waals surface area contributed by atoms with Crippen LogP contribution in [0.1, 0.15) is 27.2 Å². The van der Waals surface area contributed by atoms with Gasteiger partial charge in [-0.1, -0.05) is 6.07 Å². The molecule has 0 radical (unpaired) electrons. The number of aromatic amines is 1. The Balaban J connectivity index is 1.74. The molecule has 0 bridgehead atoms. The Bertz CT molecular complexity index is 1500. The number of nitriles is 1. The third-order valence-corrected chi connectivity index (χ3v) is 6.34. The molecular formula is C20H15FN6O3S. The smallest absolute Gasteiger partial charge is 0.265 e. The number of fused-ring (bicyclic) bond motifs is 1. The number of hydrogen-bond acceptors (Lipinski definition) is 6. The number of hydrogen-bond donors (Lipinski definition) is 2. The van der Waals surface area contributed by atoms with E-state index in [4.69, 9.17) is 5.26 Å². The van der Waals surface area contributed by atoms with Gasteiger partial charge in [-0.05, 0) is 25.1 Å². The first-order valence-electron chi connectivity index (χ1n) is 8.95. The van der Waals surface area contributed by atoms with E-state index < -0.39 is 21.6 Å². The molecule has 11 heteroatoms. The number of sulfonamides is 1. The molecule has 31 heavy (non-hydrogen) atoms. The van der Waals surface area contributed by atoms with Crippen LogP contribution in [-0.2, 0) is 17.1 Å². The number of anilines is 1. The summed E-state index contributed by atoms with van der Waals surface area (Å²) in [5.74, 6) is -1.70. The number of nitrogens with zero attached hydrogens (tertiary/aromatic N) is 4. The van der Waals surface area contributed by atoms with E-state index in [1.807, 2.05) is 6.07 Å². The monoisotopic (exact) mass is 438 g/mol. The van der Waals surface area contributed by atoms with E-state index >= 15 is 4.39 Å². The fraction of sp³-hybridized carbons (Fsp3) is 0.100. The summed E-state index contributed by atoms with van der Waals surface area (Å²) in [5.41, 5.74) is 0.402. The minimum Gasteiger partial charge on any atom is -0.345 e. The first-order chi connectivity index (χ1) is 14.7. The van der Waals surface area contributed by atoms with Crippen LogP contribution in [0.2, 0.25) is 0 Å². The Hall–Kier alpha value is -4.04. The summed E-state index contributed by atoms with van der Waals surface area (Å²) in [5, 5.41) is 13.3. The lowest BCUT2D eigenvalue weighted by molar-refractivity contribution is 0.103. The second kappa shape index (κ2) is 7.33. The zero-order valence-electron chi connectivity index (χ0n) is 16.3. The predicted molar refractivity (Wildman–Crippen MR) is 109 cm³/mol. The molecule has 0 amide bonds. The summed E-state index contributed by atoms with van der Waals surface area (Å²) >= 11 is 0. The van der Waals surface area contributed by atoms with Crippen molar-refractivity contribution in [3.8, 4) is 6.07 Å². The average molecular weight is 438 g/mol. The fourth-order valence-electron chi connectivity index (χ4n) is 3.13. The summed E-state index contributed by atoms with van der Waals surface area (Å²) in [6.07, 6.45) is 3.89. The summed E-state index contributed by atoms with van der Waals surface area (Å²) in [4.78, 5) is 19.8. The van der Waals surface area contributed by atoms with E-state index in [0.29, 0.717) is 16.7 Å². The molecule has 4 aromatic rings. The first-order valence-corrected chi connectivity index (χ1v) is 10.4. The van der Waals surface area contributed by atoms with Crippen LogP contribution in [0.5, 0.6) is 0 Å². The molecular weight excluding hydrogens is 423 g/mol.